The summed E-state index contributed by atoms with van der Waals surface area (Å²) in [6.07, 6.45) is 2.10. The number of carbonyl (C=O) groups excluding carboxylic acids is 1. The van der Waals surface area contributed by atoms with E-state index < -0.39 is 0 Å². The molecule has 4 heteroatoms. The van der Waals surface area contributed by atoms with Gasteiger partial charge in [0.15, 0.2) is 0 Å². The molecule has 0 aromatic carbocycles. The van der Waals surface area contributed by atoms with Crippen LogP contribution in [0.3, 0.4) is 0 Å². The van der Waals surface area contributed by atoms with Crippen LogP contribution in [-0.4, -0.2) is 48.4 Å². The first-order valence-electron chi connectivity index (χ1n) is 5.54. The Bertz CT molecular complexity index is 295. The first-order chi connectivity index (χ1) is 7.15. The predicted molar refractivity (Wildman–Crippen MR) is 56.0 cm³/mol. The Labute approximate surface area is 90.5 Å². The van der Waals surface area contributed by atoms with Crippen LogP contribution in [0.25, 0.3) is 0 Å². The van der Waals surface area contributed by atoms with E-state index in [-0.39, 0.29) is 11.3 Å². The Balaban J connectivity index is 1.79. The van der Waals surface area contributed by atoms with E-state index in [9.17, 15) is 4.79 Å². The van der Waals surface area contributed by atoms with Gasteiger partial charge < -0.3 is 4.90 Å². The van der Waals surface area contributed by atoms with Crippen molar-refractivity contribution in [3.63, 3.8) is 0 Å². The van der Waals surface area contributed by atoms with Crippen molar-refractivity contribution in [2.75, 3.05) is 32.7 Å². The van der Waals surface area contributed by atoms with E-state index in [1.807, 2.05) is 4.90 Å². The Hall–Kier alpha value is -1.08. The topological polar surface area (TPSA) is 47.3 Å². The molecule has 0 bridgehead atoms. The molecule has 0 atom stereocenters. The van der Waals surface area contributed by atoms with Crippen molar-refractivity contribution in [2.24, 2.45) is 5.41 Å². The van der Waals surface area contributed by atoms with Crippen LogP contribution in [-0.2, 0) is 4.79 Å². The molecule has 0 spiro atoms. The molecule has 2 rings (SSSR count). The summed E-state index contributed by atoms with van der Waals surface area (Å²) in [5.74, 6) is 0.163. The second-order valence-electron chi connectivity index (χ2n) is 4.67. The Morgan fingerprint density at radius 2 is 1.93 bits per heavy atom. The number of hydrogen-bond acceptors (Lipinski definition) is 3. The minimum absolute atomic E-state index is 0.0433. The van der Waals surface area contributed by atoms with Crippen molar-refractivity contribution in [3.8, 4) is 6.07 Å². The highest BCUT2D eigenvalue weighted by Gasteiger charge is 2.44. The number of nitrogens with zero attached hydrogens (tertiary/aromatic N) is 3. The minimum Gasteiger partial charge on any atom is -0.340 e. The number of carbonyl (C=O) groups is 1. The Morgan fingerprint density at radius 3 is 2.33 bits per heavy atom. The summed E-state index contributed by atoms with van der Waals surface area (Å²) in [5.41, 5.74) is -0.0433. The van der Waals surface area contributed by atoms with Crippen LogP contribution in [0.1, 0.15) is 19.8 Å². The molecule has 0 unspecified atom stereocenters. The molecular formula is C11H17N3O. The lowest BCUT2D eigenvalue weighted by atomic mass is 10.1. The highest BCUT2D eigenvalue weighted by atomic mass is 16.2. The normalized spacial score (nSPS) is 24.7. The Morgan fingerprint density at radius 1 is 1.33 bits per heavy atom. The second-order valence-corrected chi connectivity index (χ2v) is 4.67. The molecule has 15 heavy (non-hydrogen) atoms. The van der Waals surface area contributed by atoms with E-state index in [1.54, 1.807) is 6.92 Å². The molecule has 0 aromatic rings. The molecule has 1 aliphatic carbocycles. The van der Waals surface area contributed by atoms with Gasteiger partial charge in [-0.05, 0) is 12.8 Å². The molecule has 1 amide bonds. The maximum Gasteiger partial charge on any atom is 0.219 e. The molecule has 0 aromatic heterocycles. The first kappa shape index (κ1) is 10.4. The van der Waals surface area contributed by atoms with Crippen molar-refractivity contribution in [1.29, 1.82) is 5.26 Å². The van der Waals surface area contributed by atoms with Crippen molar-refractivity contribution in [2.45, 2.75) is 19.8 Å². The van der Waals surface area contributed by atoms with E-state index >= 15 is 0 Å². The molecular weight excluding hydrogens is 190 g/mol. The SMILES string of the molecule is CC(=O)N1CCN(CC2(C#N)CC2)CC1. The lowest BCUT2D eigenvalue weighted by molar-refractivity contribution is -0.130. The predicted octanol–water partition coefficient (Wildman–Crippen LogP) is 0.454. The third-order valence-corrected chi connectivity index (χ3v) is 3.43. The van der Waals surface area contributed by atoms with Gasteiger partial charge in [0.05, 0.1) is 11.5 Å². The molecule has 4 nitrogen and oxygen atoms in total. The van der Waals surface area contributed by atoms with Crippen LogP contribution in [0.4, 0.5) is 0 Å². The maximum atomic E-state index is 11.1. The summed E-state index contributed by atoms with van der Waals surface area (Å²) in [7, 11) is 0. The third kappa shape index (κ3) is 2.29. The molecule has 1 saturated heterocycles. The zero-order valence-electron chi connectivity index (χ0n) is 9.20. The number of piperazine rings is 1. The maximum absolute atomic E-state index is 11.1. The van der Waals surface area contributed by atoms with Gasteiger partial charge in [-0.3, -0.25) is 9.69 Å². The monoisotopic (exact) mass is 207 g/mol. The highest BCUT2D eigenvalue weighted by molar-refractivity contribution is 5.73. The second kappa shape index (κ2) is 3.82. The van der Waals surface area contributed by atoms with Gasteiger partial charge in [0.25, 0.3) is 0 Å². The quantitative estimate of drug-likeness (QED) is 0.660. The van der Waals surface area contributed by atoms with Crippen LogP contribution in [0.15, 0.2) is 0 Å². The van der Waals surface area contributed by atoms with E-state index in [0.717, 1.165) is 45.6 Å². The minimum atomic E-state index is -0.0433. The van der Waals surface area contributed by atoms with Gasteiger partial charge in [0.1, 0.15) is 0 Å². The summed E-state index contributed by atoms with van der Waals surface area (Å²) in [6, 6.07) is 2.41. The van der Waals surface area contributed by atoms with Crippen molar-refractivity contribution >= 4 is 5.91 Å². The average Bonchev–Trinajstić information content (AvgIpc) is 2.99. The third-order valence-electron chi connectivity index (χ3n) is 3.43. The fourth-order valence-electron chi connectivity index (χ4n) is 2.11. The molecule has 1 heterocycles. The van der Waals surface area contributed by atoms with Gasteiger partial charge in [-0.2, -0.15) is 5.26 Å². The fourth-order valence-corrected chi connectivity index (χ4v) is 2.11. The number of hydrogen-bond donors (Lipinski definition) is 0. The van der Waals surface area contributed by atoms with Gasteiger partial charge in [0, 0.05) is 39.6 Å². The van der Waals surface area contributed by atoms with E-state index in [0.29, 0.717) is 0 Å². The van der Waals surface area contributed by atoms with Gasteiger partial charge in [-0.25, -0.2) is 0 Å². The summed E-state index contributed by atoms with van der Waals surface area (Å²) in [5, 5.41) is 8.99. The van der Waals surface area contributed by atoms with Gasteiger partial charge in [0.2, 0.25) is 5.91 Å². The fraction of sp³-hybridized carbons (Fsp3) is 0.818. The van der Waals surface area contributed by atoms with Crippen LogP contribution < -0.4 is 0 Å². The number of nitriles is 1. The largest absolute Gasteiger partial charge is 0.340 e. The van der Waals surface area contributed by atoms with Crippen LogP contribution in [0.2, 0.25) is 0 Å². The molecule has 2 aliphatic rings. The van der Waals surface area contributed by atoms with Gasteiger partial charge >= 0.3 is 0 Å². The van der Waals surface area contributed by atoms with E-state index in [1.165, 1.54) is 0 Å². The summed E-state index contributed by atoms with van der Waals surface area (Å²) in [6.45, 7) is 5.99. The summed E-state index contributed by atoms with van der Waals surface area (Å²) >= 11 is 0. The smallest absolute Gasteiger partial charge is 0.219 e. The first-order valence-corrected chi connectivity index (χ1v) is 5.54. The highest BCUT2D eigenvalue weighted by Crippen LogP contribution is 2.45. The molecule has 0 N–H and O–H groups in total. The number of amides is 1. The molecule has 82 valence electrons. The van der Waals surface area contributed by atoms with Crippen LogP contribution in [0, 0.1) is 16.7 Å². The Kier molecular flexibility index (Phi) is 2.66. The zero-order valence-corrected chi connectivity index (χ0v) is 9.20. The molecule has 1 saturated carbocycles. The van der Waals surface area contributed by atoms with Crippen LogP contribution >= 0.6 is 0 Å². The molecule has 1 aliphatic heterocycles. The van der Waals surface area contributed by atoms with Crippen molar-refractivity contribution in [3.05, 3.63) is 0 Å². The average molecular weight is 207 g/mol. The lowest BCUT2D eigenvalue weighted by Crippen LogP contribution is -2.49. The van der Waals surface area contributed by atoms with Gasteiger partial charge in [-0.15, -0.1) is 0 Å². The standard InChI is InChI=1S/C11H17N3O/c1-10(15)14-6-4-13(5-7-14)9-11(8-12)2-3-11/h2-7,9H2,1H3. The van der Waals surface area contributed by atoms with E-state index in [4.69, 9.17) is 5.26 Å². The lowest BCUT2D eigenvalue weighted by Gasteiger charge is -2.35. The van der Waals surface area contributed by atoms with Crippen molar-refractivity contribution < 1.29 is 4.79 Å². The molecule has 2 fully saturated rings. The molecule has 0 radical (unpaired) electrons. The van der Waals surface area contributed by atoms with Gasteiger partial charge in [-0.1, -0.05) is 0 Å². The number of rotatable bonds is 2. The summed E-state index contributed by atoms with van der Waals surface area (Å²) < 4.78 is 0. The summed E-state index contributed by atoms with van der Waals surface area (Å²) in [4.78, 5) is 15.3. The van der Waals surface area contributed by atoms with Crippen LogP contribution in [0.5, 0.6) is 0 Å². The van der Waals surface area contributed by atoms with Crippen molar-refractivity contribution in [1.82, 2.24) is 9.80 Å². The van der Waals surface area contributed by atoms with E-state index in [2.05, 4.69) is 11.0 Å². The zero-order chi connectivity index (χ0) is 10.9.